The first-order valence-corrected chi connectivity index (χ1v) is 9.31. The zero-order valence-corrected chi connectivity index (χ0v) is 16.2. The molecule has 0 spiro atoms. The van der Waals surface area contributed by atoms with Gasteiger partial charge in [0.05, 0.1) is 17.5 Å². The number of carbonyl (C=O) groups is 1. The second-order valence-corrected chi connectivity index (χ2v) is 7.56. The van der Waals surface area contributed by atoms with Gasteiger partial charge in [-0.15, -0.1) is 11.3 Å². The summed E-state index contributed by atoms with van der Waals surface area (Å²) in [5.41, 5.74) is 3.97. The molecule has 0 saturated carbocycles. The zero-order chi connectivity index (χ0) is 18.8. The minimum absolute atomic E-state index is 0.146. The first-order chi connectivity index (χ1) is 12.4. The Bertz CT molecular complexity index is 964. The number of thiophene rings is 1. The number of hydrogen-bond donors (Lipinski definition) is 1. The van der Waals surface area contributed by atoms with Gasteiger partial charge in [0.2, 0.25) is 0 Å². The van der Waals surface area contributed by atoms with Crippen LogP contribution in [0.15, 0.2) is 36.4 Å². The molecule has 3 rings (SSSR count). The van der Waals surface area contributed by atoms with Crippen LogP contribution in [0.25, 0.3) is 10.1 Å². The van der Waals surface area contributed by atoms with Crippen molar-refractivity contribution in [1.29, 1.82) is 0 Å². The molecule has 1 unspecified atom stereocenters. The van der Waals surface area contributed by atoms with Crippen molar-refractivity contribution in [2.75, 3.05) is 7.11 Å². The van der Waals surface area contributed by atoms with Crippen molar-refractivity contribution in [2.45, 2.75) is 33.4 Å². The maximum Gasteiger partial charge on any atom is 0.262 e. The molecule has 0 aliphatic carbocycles. The summed E-state index contributed by atoms with van der Waals surface area (Å²) in [7, 11) is 1.55. The summed E-state index contributed by atoms with van der Waals surface area (Å²) < 4.78 is 20.3. The average Bonchev–Trinajstić information content (AvgIpc) is 2.97. The van der Waals surface area contributed by atoms with Gasteiger partial charge in [-0.3, -0.25) is 4.79 Å². The van der Waals surface area contributed by atoms with Crippen molar-refractivity contribution < 1.29 is 13.9 Å². The molecule has 0 bridgehead atoms. The Hall–Kier alpha value is -2.24. The first kappa shape index (κ1) is 18.5. The predicted molar refractivity (Wildman–Crippen MR) is 104 cm³/mol. The van der Waals surface area contributed by atoms with Crippen LogP contribution in [0, 0.1) is 19.7 Å². The lowest BCUT2D eigenvalue weighted by Crippen LogP contribution is -2.27. The van der Waals surface area contributed by atoms with Crippen LogP contribution in [-0.4, -0.2) is 13.0 Å². The number of amides is 1. The molecule has 1 atom stereocenters. The molecule has 3 aromatic rings. The maximum absolute atomic E-state index is 14.3. The van der Waals surface area contributed by atoms with E-state index < -0.39 is 0 Å². The molecule has 1 N–H and O–H groups in total. The van der Waals surface area contributed by atoms with Gasteiger partial charge in [-0.05, 0) is 44.0 Å². The minimum atomic E-state index is -0.326. The third-order valence-corrected chi connectivity index (χ3v) is 5.70. The molecule has 0 aliphatic rings. The van der Waals surface area contributed by atoms with Crippen molar-refractivity contribution in [1.82, 2.24) is 5.32 Å². The van der Waals surface area contributed by atoms with Gasteiger partial charge < -0.3 is 10.1 Å². The van der Waals surface area contributed by atoms with E-state index >= 15 is 0 Å². The lowest BCUT2D eigenvalue weighted by Gasteiger charge is -2.17. The second-order valence-electron chi connectivity index (χ2n) is 6.51. The number of fused-ring (bicyclic) bond motifs is 1. The van der Waals surface area contributed by atoms with E-state index in [1.807, 2.05) is 26.8 Å². The molecule has 2 aromatic carbocycles. The molecule has 26 heavy (non-hydrogen) atoms. The highest BCUT2D eigenvalue weighted by Gasteiger charge is 2.22. The minimum Gasteiger partial charge on any atom is -0.380 e. The van der Waals surface area contributed by atoms with Crippen LogP contribution in [0.2, 0.25) is 0 Å². The molecule has 5 heteroatoms. The van der Waals surface area contributed by atoms with Crippen LogP contribution in [0.3, 0.4) is 0 Å². The quantitative estimate of drug-likeness (QED) is 0.661. The van der Waals surface area contributed by atoms with E-state index in [-0.39, 0.29) is 24.4 Å². The van der Waals surface area contributed by atoms with Gasteiger partial charge >= 0.3 is 0 Å². The standard InChI is InChI=1S/C21H22FNO2S/c1-12-8-9-13(2)15(10-12)14(3)23-21(24)20-16(11-25-4)19-17(22)6-5-7-18(19)26-20/h5-10,14H,11H2,1-4H3,(H,23,24). The highest BCUT2D eigenvalue weighted by Crippen LogP contribution is 2.34. The molecule has 1 heterocycles. The van der Waals surface area contributed by atoms with E-state index in [2.05, 4.69) is 23.5 Å². The number of rotatable bonds is 5. The summed E-state index contributed by atoms with van der Waals surface area (Å²) in [5, 5.41) is 3.53. The fraction of sp³-hybridized carbons (Fsp3) is 0.286. The highest BCUT2D eigenvalue weighted by molar-refractivity contribution is 7.21. The SMILES string of the molecule is COCc1c(C(=O)NC(C)c2cc(C)ccc2C)sc2cccc(F)c12. The Morgan fingerprint density at radius 1 is 1.27 bits per heavy atom. The van der Waals surface area contributed by atoms with E-state index in [1.54, 1.807) is 13.2 Å². The lowest BCUT2D eigenvalue weighted by molar-refractivity contribution is 0.0939. The van der Waals surface area contributed by atoms with Crippen LogP contribution in [0.1, 0.15) is 44.9 Å². The molecule has 1 amide bonds. The number of methoxy groups -OCH3 is 1. The van der Waals surface area contributed by atoms with Gasteiger partial charge in [0.25, 0.3) is 5.91 Å². The molecular formula is C21H22FNO2S. The third-order valence-electron chi connectivity index (χ3n) is 4.51. The summed E-state index contributed by atoms with van der Waals surface area (Å²) in [4.78, 5) is 13.4. The van der Waals surface area contributed by atoms with Crippen LogP contribution in [0.5, 0.6) is 0 Å². The van der Waals surface area contributed by atoms with E-state index in [4.69, 9.17) is 4.74 Å². The summed E-state index contributed by atoms with van der Waals surface area (Å²) in [6.45, 7) is 6.22. The average molecular weight is 371 g/mol. The number of aryl methyl sites for hydroxylation is 2. The molecule has 1 aromatic heterocycles. The monoisotopic (exact) mass is 371 g/mol. The molecular weight excluding hydrogens is 349 g/mol. The molecule has 0 saturated heterocycles. The number of benzene rings is 2. The number of hydrogen-bond acceptors (Lipinski definition) is 3. The van der Waals surface area contributed by atoms with E-state index in [0.29, 0.717) is 15.8 Å². The van der Waals surface area contributed by atoms with E-state index in [0.717, 1.165) is 21.4 Å². The molecule has 3 nitrogen and oxygen atoms in total. The van der Waals surface area contributed by atoms with E-state index in [9.17, 15) is 9.18 Å². The highest BCUT2D eigenvalue weighted by atomic mass is 32.1. The van der Waals surface area contributed by atoms with Crippen molar-refractivity contribution in [3.05, 3.63) is 69.3 Å². The van der Waals surface area contributed by atoms with Gasteiger partial charge in [-0.2, -0.15) is 0 Å². The number of nitrogens with one attached hydrogen (secondary N) is 1. The number of carbonyl (C=O) groups excluding carboxylic acids is 1. The third kappa shape index (κ3) is 3.50. The molecule has 0 aliphatic heterocycles. The lowest BCUT2D eigenvalue weighted by atomic mass is 10.00. The molecule has 0 radical (unpaired) electrons. The van der Waals surface area contributed by atoms with Gasteiger partial charge in [0.15, 0.2) is 0 Å². The van der Waals surface area contributed by atoms with Gasteiger partial charge in [0, 0.05) is 22.8 Å². The molecule has 136 valence electrons. The Balaban J connectivity index is 1.96. The second kappa shape index (κ2) is 7.56. The largest absolute Gasteiger partial charge is 0.380 e. The Morgan fingerprint density at radius 3 is 2.77 bits per heavy atom. The van der Waals surface area contributed by atoms with Crippen molar-refractivity contribution in [2.24, 2.45) is 0 Å². The number of ether oxygens (including phenoxy) is 1. The summed E-state index contributed by atoms with van der Waals surface area (Å²) in [6.07, 6.45) is 0. The summed E-state index contributed by atoms with van der Waals surface area (Å²) >= 11 is 1.30. The van der Waals surface area contributed by atoms with Crippen molar-refractivity contribution in [3.8, 4) is 0 Å². The van der Waals surface area contributed by atoms with Crippen molar-refractivity contribution >= 4 is 27.3 Å². The first-order valence-electron chi connectivity index (χ1n) is 8.49. The van der Waals surface area contributed by atoms with Gasteiger partial charge in [-0.1, -0.05) is 29.8 Å². The van der Waals surface area contributed by atoms with Crippen LogP contribution in [0.4, 0.5) is 4.39 Å². The fourth-order valence-corrected chi connectivity index (χ4v) is 4.32. The van der Waals surface area contributed by atoms with Crippen LogP contribution in [-0.2, 0) is 11.3 Å². The summed E-state index contributed by atoms with van der Waals surface area (Å²) in [6, 6.07) is 10.9. The topological polar surface area (TPSA) is 38.3 Å². The zero-order valence-electron chi connectivity index (χ0n) is 15.4. The van der Waals surface area contributed by atoms with Gasteiger partial charge in [-0.25, -0.2) is 4.39 Å². The summed E-state index contributed by atoms with van der Waals surface area (Å²) in [5.74, 6) is -0.529. The Labute approximate surface area is 156 Å². The normalized spacial score (nSPS) is 12.3. The maximum atomic E-state index is 14.3. The molecule has 0 fully saturated rings. The fourth-order valence-electron chi connectivity index (χ4n) is 3.20. The smallest absolute Gasteiger partial charge is 0.262 e. The van der Waals surface area contributed by atoms with E-state index in [1.165, 1.54) is 17.4 Å². The van der Waals surface area contributed by atoms with Crippen molar-refractivity contribution in [3.63, 3.8) is 0 Å². The van der Waals surface area contributed by atoms with Crippen LogP contribution >= 0.6 is 11.3 Å². The Morgan fingerprint density at radius 2 is 2.04 bits per heavy atom. The van der Waals surface area contributed by atoms with Crippen LogP contribution < -0.4 is 5.32 Å². The number of halogens is 1. The predicted octanol–water partition coefficient (Wildman–Crippen LogP) is 5.29. The van der Waals surface area contributed by atoms with Gasteiger partial charge in [0.1, 0.15) is 5.82 Å². The Kier molecular flexibility index (Phi) is 5.39.